The summed E-state index contributed by atoms with van der Waals surface area (Å²) in [6, 6.07) is 0. The molecule has 1 aliphatic carbocycles. The molecule has 2 aliphatic rings. The van der Waals surface area contributed by atoms with Gasteiger partial charge in [0.1, 0.15) is 0 Å². The first-order chi connectivity index (χ1) is 7.24. The summed E-state index contributed by atoms with van der Waals surface area (Å²) in [4.78, 5) is 11.7. The molecule has 0 amide bonds. The molecule has 4 heteroatoms. The number of allylic oxidation sites excluding steroid dienone is 3. The predicted molar refractivity (Wildman–Crippen MR) is 61.2 cm³/mol. The van der Waals surface area contributed by atoms with Crippen LogP contribution in [0.1, 0.15) is 6.92 Å². The number of fused-ring (bicyclic) bond motifs is 1. The lowest BCUT2D eigenvalue weighted by molar-refractivity contribution is -0.148. The van der Waals surface area contributed by atoms with Crippen LogP contribution in [-0.2, 0) is 9.53 Å². The minimum atomic E-state index is -0.193. The van der Waals surface area contributed by atoms with Gasteiger partial charge in [-0.3, -0.25) is 4.79 Å². The van der Waals surface area contributed by atoms with E-state index in [-0.39, 0.29) is 23.2 Å². The van der Waals surface area contributed by atoms with Gasteiger partial charge >= 0.3 is 5.97 Å². The van der Waals surface area contributed by atoms with E-state index in [1.165, 1.54) is 0 Å². The van der Waals surface area contributed by atoms with E-state index in [1.807, 2.05) is 19.1 Å². The maximum Gasteiger partial charge on any atom is 0.312 e. The molecule has 1 fully saturated rings. The molecule has 0 aromatic carbocycles. The highest BCUT2D eigenvalue weighted by atomic mass is 32.2. The van der Waals surface area contributed by atoms with Gasteiger partial charge in [0.25, 0.3) is 0 Å². The third-order valence-electron chi connectivity index (χ3n) is 2.77. The number of ether oxygens (including phenoxy) is 1. The van der Waals surface area contributed by atoms with E-state index < -0.39 is 0 Å². The third-order valence-corrected chi connectivity index (χ3v) is 4.16. The summed E-state index contributed by atoms with van der Waals surface area (Å²) < 4.78 is 5.05. The van der Waals surface area contributed by atoms with Gasteiger partial charge in [0.05, 0.1) is 17.9 Å². The van der Waals surface area contributed by atoms with Crippen molar-refractivity contribution in [2.75, 3.05) is 6.61 Å². The molecule has 1 aliphatic heterocycles. The number of hydrogen-bond acceptors (Lipinski definition) is 4. The first kappa shape index (κ1) is 10.8. The SMILES string of the molecule is CCOC(=O)C1C(N)SC2C=CC=CC21. The Morgan fingerprint density at radius 2 is 2.20 bits per heavy atom. The lowest BCUT2D eigenvalue weighted by Gasteiger charge is -2.20. The zero-order chi connectivity index (χ0) is 10.8. The number of rotatable bonds is 2. The highest BCUT2D eigenvalue weighted by Gasteiger charge is 2.45. The maximum atomic E-state index is 11.7. The number of carbonyl (C=O) groups excluding carboxylic acids is 1. The van der Waals surface area contributed by atoms with Crippen molar-refractivity contribution in [1.82, 2.24) is 0 Å². The molecule has 15 heavy (non-hydrogen) atoms. The van der Waals surface area contributed by atoms with Crippen molar-refractivity contribution in [2.24, 2.45) is 17.6 Å². The van der Waals surface area contributed by atoms with Gasteiger partial charge in [-0.25, -0.2) is 0 Å². The summed E-state index contributed by atoms with van der Waals surface area (Å²) in [7, 11) is 0. The molecule has 2 N–H and O–H groups in total. The first-order valence-corrected chi connectivity index (χ1v) is 6.11. The Morgan fingerprint density at radius 1 is 1.47 bits per heavy atom. The fourth-order valence-corrected chi connectivity index (χ4v) is 3.53. The Bertz CT molecular complexity index is 314. The molecule has 0 bridgehead atoms. The van der Waals surface area contributed by atoms with Gasteiger partial charge < -0.3 is 10.5 Å². The second-order valence-corrected chi connectivity index (χ2v) is 5.05. The molecular formula is C11H15NO2S. The molecule has 1 saturated heterocycles. The fraction of sp³-hybridized carbons (Fsp3) is 0.545. The number of carbonyl (C=O) groups is 1. The van der Waals surface area contributed by atoms with Crippen LogP contribution in [0.15, 0.2) is 24.3 Å². The van der Waals surface area contributed by atoms with E-state index in [2.05, 4.69) is 12.2 Å². The summed E-state index contributed by atoms with van der Waals surface area (Å²) in [6.07, 6.45) is 8.15. The van der Waals surface area contributed by atoms with Gasteiger partial charge in [-0.2, -0.15) is 0 Å². The van der Waals surface area contributed by atoms with Gasteiger partial charge in [-0.1, -0.05) is 24.3 Å². The molecule has 4 atom stereocenters. The number of hydrogen-bond donors (Lipinski definition) is 1. The average molecular weight is 225 g/mol. The molecular weight excluding hydrogens is 210 g/mol. The Morgan fingerprint density at radius 3 is 2.93 bits per heavy atom. The Labute approximate surface area is 93.7 Å². The number of nitrogens with two attached hydrogens (primary N) is 1. The van der Waals surface area contributed by atoms with E-state index in [0.717, 1.165) is 0 Å². The van der Waals surface area contributed by atoms with Crippen LogP contribution in [0.3, 0.4) is 0 Å². The molecule has 0 spiro atoms. The lowest BCUT2D eigenvalue weighted by atomic mass is 9.87. The lowest BCUT2D eigenvalue weighted by Crippen LogP contribution is -2.34. The molecule has 82 valence electrons. The Kier molecular flexibility index (Phi) is 3.17. The van der Waals surface area contributed by atoms with Crippen LogP contribution in [0.2, 0.25) is 0 Å². The summed E-state index contributed by atoms with van der Waals surface area (Å²) in [6.45, 7) is 2.24. The maximum absolute atomic E-state index is 11.7. The molecule has 0 radical (unpaired) electrons. The van der Waals surface area contributed by atoms with E-state index in [1.54, 1.807) is 11.8 Å². The second-order valence-electron chi connectivity index (χ2n) is 3.69. The van der Waals surface area contributed by atoms with E-state index in [4.69, 9.17) is 10.5 Å². The van der Waals surface area contributed by atoms with Gasteiger partial charge in [0, 0.05) is 11.2 Å². The number of thioether (sulfide) groups is 1. The fourth-order valence-electron chi connectivity index (χ4n) is 2.08. The summed E-state index contributed by atoms with van der Waals surface area (Å²) in [5, 5.41) is 0.186. The van der Waals surface area contributed by atoms with E-state index in [9.17, 15) is 4.79 Å². The minimum Gasteiger partial charge on any atom is -0.466 e. The topological polar surface area (TPSA) is 52.3 Å². The quantitative estimate of drug-likeness (QED) is 0.720. The predicted octanol–water partition coefficient (Wildman–Crippen LogP) is 1.31. The molecule has 1 heterocycles. The monoisotopic (exact) mass is 225 g/mol. The van der Waals surface area contributed by atoms with Crippen molar-refractivity contribution < 1.29 is 9.53 Å². The van der Waals surface area contributed by atoms with Gasteiger partial charge in [-0.15, -0.1) is 11.8 Å². The van der Waals surface area contributed by atoms with Crippen LogP contribution in [0, 0.1) is 11.8 Å². The van der Waals surface area contributed by atoms with Gasteiger partial charge in [0.15, 0.2) is 0 Å². The Hall–Kier alpha value is -0.740. The van der Waals surface area contributed by atoms with Gasteiger partial charge in [-0.05, 0) is 6.92 Å². The highest BCUT2D eigenvalue weighted by Crippen LogP contribution is 2.44. The van der Waals surface area contributed by atoms with Gasteiger partial charge in [0.2, 0.25) is 0 Å². The average Bonchev–Trinajstić information content (AvgIpc) is 2.54. The molecule has 0 aromatic heterocycles. The minimum absolute atomic E-state index is 0.147. The molecule has 3 nitrogen and oxygen atoms in total. The normalized spacial score (nSPS) is 37.7. The standard InChI is InChI=1S/C11H15NO2S/c1-2-14-11(13)9-7-5-3-4-6-8(7)15-10(9)12/h3-10H,2,12H2,1H3. The second kappa shape index (κ2) is 4.41. The smallest absolute Gasteiger partial charge is 0.312 e. The Balaban J connectivity index is 2.14. The zero-order valence-corrected chi connectivity index (χ0v) is 9.44. The van der Waals surface area contributed by atoms with Crippen molar-refractivity contribution in [3.63, 3.8) is 0 Å². The van der Waals surface area contributed by atoms with E-state index in [0.29, 0.717) is 11.9 Å². The summed E-state index contributed by atoms with van der Waals surface area (Å²) >= 11 is 1.65. The van der Waals surface area contributed by atoms with Crippen molar-refractivity contribution >= 4 is 17.7 Å². The highest BCUT2D eigenvalue weighted by molar-refractivity contribution is 8.01. The third kappa shape index (κ3) is 1.96. The molecule has 0 aromatic rings. The zero-order valence-electron chi connectivity index (χ0n) is 8.63. The van der Waals surface area contributed by atoms with Crippen molar-refractivity contribution in [1.29, 1.82) is 0 Å². The first-order valence-electron chi connectivity index (χ1n) is 5.16. The summed E-state index contributed by atoms with van der Waals surface area (Å²) in [5.74, 6) is -0.153. The van der Waals surface area contributed by atoms with Crippen molar-refractivity contribution in [3.05, 3.63) is 24.3 Å². The van der Waals surface area contributed by atoms with Crippen LogP contribution in [0.5, 0.6) is 0 Å². The molecule has 2 rings (SSSR count). The largest absolute Gasteiger partial charge is 0.466 e. The van der Waals surface area contributed by atoms with Crippen LogP contribution in [0.4, 0.5) is 0 Å². The van der Waals surface area contributed by atoms with Crippen molar-refractivity contribution in [2.45, 2.75) is 17.5 Å². The number of esters is 1. The molecule has 0 saturated carbocycles. The summed E-state index contributed by atoms with van der Waals surface area (Å²) in [5.41, 5.74) is 5.96. The van der Waals surface area contributed by atoms with Crippen LogP contribution < -0.4 is 5.73 Å². The van der Waals surface area contributed by atoms with Crippen molar-refractivity contribution in [3.8, 4) is 0 Å². The van der Waals surface area contributed by atoms with E-state index >= 15 is 0 Å². The van der Waals surface area contributed by atoms with Crippen LogP contribution in [0.25, 0.3) is 0 Å². The van der Waals surface area contributed by atoms with Crippen LogP contribution >= 0.6 is 11.8 Å². The van der Waals surface area contributed by atoms with Crippen LogP contribution in [-0.4, -0.2) is 23.2 Å². The molecule has 4 unspecified atom stereocenters.